The van der Waals surface area contributed by atoms with E-state index in [1.165, 1.54) is 11.0 Å². The Morgan fingerprint density at radius 3 is 2.62 bits per heavy atom. The number of hydrogen-bond donors (Lipinski definition) is 2. The molecule has 0 unspecified atom stereocenters. The maximum atomic E-state index is 13.2. The topological polar surface area (TPSA) is 96.0 Å². The Labute approximate surface area is 158 Å². The summed E-state index contributed by atoms with van der Waals surface area (Å²) in [5.41, 5.74) is 5.26. The van der Waals surface area contributed by atoms with Crippen molar-refractivity contribution in [1.29, 1.82) is 0 Å². The van der Waals surface area contributed by atoms with Crippen molar-refractivity contribution in [3.8, 4) is 0 Å². The summed E-state index contributed by atoms with van der Waals surface area (Å²) >= 11 is 6.98. The minimum Gasteiger partial charge on any atom is -0.378 e. The number of aliphatic hydroxyl groups is 1. The minimum atomic E-state index is -2.07. The van der Waals surface area contributed by atoms with Crippen LogP contribution in [-0.4, -0.2) is 27.3 Å². The van der Waals surface area contributed by atoms with Gasteiger partial charge >= 0.3 is 0 Å². The Bertz CT molecular complexity index is 950. The standard InChI is InChI=1S/C18H14ClN3O3S/c19-11-6-7-13-12(8-11)18(25,14-15(23)21-17(20)26-14)16(24)22(13)9-10-4-2-1-3-5-10/h1-8,14,25H,9H2,(H2,20,21,23)/t14-,18+/m0/s1. The molecule has 0 aliphatic carbocycles. The van der Waals surface area contributed by atoms with Crippen molar-refractivity contribution >= 4 is 46.0 Å². The molecule has 132 valence electrons. The van der Waals surface area contributed by atoms with Crippen molar-refractivity contribution in [2.45, 2.75) is 17.4 Å². The van der Waals surface area contributed by atoms with E-state index in [1.807, 2.05) is 30.3 Å². The zero-order valence-corrected chi connectivity index (χ0v) is 15.0. The molecular formula is C18H14ClN3O3S. The van der Waals surface area contributed by atoms with Crippen molar-refractivity contribution in [3.63, 3.8) is 0 Å². The lowest BCUT2D eigenvalue weighted by Gasteiger charge is -2.26. The average molecular weight is 388 g/mol. The molecule has 2 amide bonds. The van der Waals surface area contributed by atoms with Crippen molar-refractivity contribution < 1.29 is 14.7 Å². The van der Waals surface area contributed by atoms with Gasteiger partial charge in [0.1, 0.15) is 5.25 Å². The van der Waals surface area contributed by atoms with Crippen LogP contribution in [0.25, 0.3) is 0 Å². The van der Waals surface area contributed by atoms with E-state index in [9.17, 15) is 14.7 Å². The summed E-state index contributed by atoms with van der Waals surface area (Å²) in [6.45, 7) is 0.262. The van der Waals surface area contributed by atoms with Gasteiger partial charge in [0.05, 0.1) is 12.2 Å². The smallest absolute Gasteiger partial charge is 0.265 e. The molecule has 2 aliphatic rings. The number of halogens is 1. The van der Waals surface area contributed by atoms with Gasteiger partial charge < -0.3 is 15.7 Å². The van der Waals surface area contributed by atoms with Gasteiger partial charge in [0, 0.05) is 10.6 Å². The lowest BCUT2D eigenvalue weighted by Crippen LogP contribution is -2.49. The quantitative estimate of drug-likeness (QED) is 0.840. The first-order chi connectivity index (χ1) is 12.4. The number of anilines is 1. The number of carbonyl (C=O) groups excluding carboxylic acids is 2. The van der Waals surface area contributed by atoms with Gasteiger partial charge in [-0.3, -0.25) is 9.59 Å². The number of carbonyl (C=O) groups is 2. The van der Waals surface area contributed by atoms with Crippen LogP contribution in [-0.2, 0) is 21.7 Å². The normalized spacial score (nSPS) is 24.8. The van der Waals surface area contributed by atoms with Crippen molar-refractivity contribution in [1.82, 2.24) is 0 Å². The summed E-state index contributed by atoms with van der Waals surface area (Å²) in [6, 6.07) is 14.2. The molecule has 6 nitrogen and oxygen atoms in total. The van der Waals surface area contributed by atoms with Crippen LogP contribution in [0.5, 0.6) is 0 Å². The number of fused-ring (bicyclic) bond motifs is 1. The number of hydrogen-bond acceptors (Lipinski definition) is 5. The molecule has 2 atom stereocenters. The summed E-state index contributed by atoms with van der Waals surface area (Å²) in [7, 11) is 0. The van der Waals surface area contributed by atoms with E-state index in [4.69, 9.17) is 17.3 Å². The first-order valence-electron chi connectivity index (χ1n) is 7.84. The second-order valence-electron chi connectivity index (χ2n) is 6.09. The summed E-state index contributed by atoms with van der Waals surface area (Å²) in [5.74, 6) is -1.22. The molecule has 8 heteroatoms. The van der Waals surface area contributed by atoms with Crippen LogP contribution in [0.1, 0.15) is 11.1 Å². The van der Waals surface area contributed by atoms with Crippen molar-refractivity contribution in [2.24, 2.45) is 10.7 Å². The molecule has 2 aliphatic heterocycles. The zero-order chi connectivity index (χ0) is 18.5. The Morgan fingerprint density at radius 2 is 1.96 bits per heavy atom. The minimum absolute atomic E-state index is 0.0336. The lowest BCUT2D eigenvalue weighted by molar-refractivity contribution is -0.140. The fourth-order valence-corrected chi connectivity index (χ4v) is 4.39. The summed E-state index contributed by atoms with van der Waals surface area (Å²) in [5, 5.41) is 10.6. The first-order valence-corrected chi connectivity index (χ1v) is 9.10. The molecule has 4 rings (SSSR count). The molecular weight excluding hydrogens is 374 g/mol. The highest BCUT2D eigenvalue weighted by Gasteiger charge is 2.59. The number of nitrogens with two attached hydrogens (primary N) is 1. The SMILES string of the molecule is NC1=NC(=O)[C@@H]([C@@]2(O)C(=O)N(Cc3ccccc3)c3ccc(Cl)cc32)S1. The molecule has 0 saturated heterocycles. The Morgan fingerprint density at radius 1 is 1.23 bits per heavy atom. The molecule has 26 heavy (non-hydrogen) atoms. The van der Waals surface area contributed by atoms with Crippen molar-refractivity contribution in [3.05, 3.63) is 64.7 Å². The largest absolute Gasteiger partial charge is 0.378 e. The highest BCUT2D eigenvalue weighted by Crippen LogP contribution is 2.48. The summed E-state index contributed by atoms with van der Waals surface area (Å²) in [4.78, 5) is 30.6. The Balaban J connectivity index is 1.81. The first kappa shape index (κ1) is 17.1. The van der Waals surface area contributed by atoms with Gasteiger partial charge in [0.2, 0.25) is 0 Å². The van der Waals surface area contributed by atoms with Gasteiger partial charge in [-0.15, -0.1) is 0 Å². The van der Waals surface area contributed by atoms with Crippen molar-refractivity contribution in [2.75, 3.05) is 4.90 Å². The number of amides is 2. The van der Waals surface area contributed by atoms with E-state index in [0.717, 1.165) is 17.3 Å². The van der Waals surface area contributed by atoms with E-state index in [0.29, 0.717) is 16.3 Å². The van der Waals surface area contributed by atoms with Gasteiger partial charge in [-0.2, -0.15) is 4.99 Å². The maximum absolute atomic E-state index is 13.2. The molecule has 2 aromatic carbocycles. The van der Waals surface area contributed by atoms with Gasteiger partial charge in [0.25, 0.3) is 11.8 Å². The molecule has 2 aromatic rings. The lowest BCUT2D eigenvalue weighted by atomic mass is 9.91. The summed E-state index contributed by atoms with van der Waals surface area (Å²) in [6.07, 6.45) is 0. The molecule has 3 N–H and O–H groups in total. The second-order valence-corrected chi connectivity index (χ2v) is 7.65. The number of thioether (sulfide) groups is 1. The number of nitrogens with zero attached hydrogens (tertiary/aromatic N) is 2. The highest BCUT2D eigenvalue weighted by atomic mass is 35.5. The monoisotopic (exact) mass is 387 g/mol. The van der Waals surface area contributed by atoms with Crippen LogP contribution >= 0.6 is 23.4 Å². The van der Waals surface area contributed by atoms with Gasteiger partial charge in [-0.05, 0) is 23.8 Å². The van der Waals surface area contributed by atoms with Crippen LogP contribution in [0.4, 0.5) is 5.69 Å². The Kier molecular flexibility index (Phi) is 4.02. The molecule has 0 bridgehead atoms. The fraction of sp³-hybridized carbons (Fsp3) is 0.167. The number of benzene rings is 2. The summed E-state index contributed by atoms with van der Waals surface area (Å²) < 4.78 is 0. The van der Waals surface area contributed by atoms with Crippen LogP contribution in [0, 0.1) is 0 Å². The third-order valence-corrected chi connectivity index (χ3v) is 5.82. The molecule has 0 saturated carbocycles. The number of amidine groups is 1. The van der Waals surface area contributed by atoms with Crippen LogP contribution in [0.2, 0.25) is 5.02 Å². The average Bonchev–Trinajstić information content (AvgIpc) is 3.06. The van der Waals surface area contributed by atoms with Crippen LogP contribution < -0.4 is 10.6 Å². The highest BCUT2D eigenvalue weighted by molar-refractivity contribution is 8.15. The fourth-order valence-electron chi connectivity index (χ4n) is 3.28. The molecule has 2 heterocycles. The van der Waals surface area contributed by atoms with E-state index in [-0.39, 0.29) is 11.7 Å². The second kappa shape index (κ2) is 6.12. The van der Waals surface area contributed by atoms with Gasteiger partial charge in [-0.25, -0.2) is 0 Å². The van der Waals surface area contributed by atoms with E-state index in [2.05, 4.69) is 4.99 Å². The van der Waals surface area contributed by atoms with E-state index < -0.39 is 22.7 Å². The third-order valence-electron chi connectivity index (χ3n) is 4.48. The molecule has 0 spiro atoms. The zero-order valence-electron chi connectivity index (χ0n) is 13.4. The van der Waals surface area contributed by atoms with E-state index in [1.54, 1.807) is 12.1 Å². The molecule has 0 fully saturated rings. The van der Waals surface area contributed by atoms with Gasteiger partial charge in [-0.1, -0.05) is 53.7 Å². The number of aliphatic imine (C=N–C) groups is 1. The Hall–Kier alpha value is -2.35. The maximum Gasteiger partial charge on any atom is 0.265 e. The predicted molar refractivity (Wildman–Crippen MR) is 101 cm³/mol. The predicted octanol–water partition coefficient (Wildman–Crippen LogP) is 2.03. The van der Waals surface area contributed by atoms with Crippen LogP contribution in [0.15, 0.2) is 53.5 Å². The number of rotatable bonds is 3. The van der Waals surface area contributed by atoms with Gasteiger partial charge in [0.15, 0.2) is 10.8 Å². The molecule has 0 radical (unpaired) electrons. The third kappa shape index (κ3) is 2.51. The van der Waals surface area contributed by atoms with E-state index >= 15 is 0 Å². The van der Waals surface area contributed by atoms with Crippen LogP contribution in [0.3, 0.4) is 0 Å². The molecule has 0 aromatic heterocycles.